The standard InChI is InChI=1S/C12H23N3O2/c1-3-15(12(17)8-14-10(2)16)9-11-4-6-13-7-5-11/h11,13H,3-9H2,1-2H3,(H,14,16). The Kier molecular flexibility index (Phi) is 5.97. The van der Waals surface area contributed by atoms with Crippen molar-refractivity contribution in [1.29, 1.82) is 0 Å². The number of carbonyl (C=O) groups excluding carboxylic acids is 2. The van der Waals surface area contributed by atoms with Crippen LogP contribution in [0.4, 0.5) is 0 Å². The second-order valence-corrected chi connectivity index (χ2v) is 4.54. The number of piperidine rings is 1. The second-order valence-electron chi connectivity index (χ2n) is 4.54. The fraction of sp³-hybridized carbons (Fsp3) is 0.833. The van der Waals surface area contributed by atoms with E-state index in [9.17, 15) is 9.59 Å². The summed E-state index contributed by atoms with van der Waals surface area (Å²) in [5.74, 6) is 0.454. The summed E-state index contributed by atoms with van der Waals surface area (Å²) in [5.41, 5.74) is 0. The zero-order chi connectivity index (χ0) is 12.7. The fourth-order valence-electron chi connectivity index (χ4n) is 2.10. The molecule has 0 aliphatic carbocycles. The Labute approximate surface area is 103 Å². The summed E-state index contributed by atoms with van der Waals surface area (Å²) in [5, 5.41) is 5.87. The quantitative estimate of drug-likeness (QED) is 0.710. The van der Waals surface area contributed by atoms with Crippen molar-refractivity contribution in [2.75, 3.05) is 32.7 Å². The highest BCUT2D eigenvalue weighted by Crippen LogP contribution is 2.13. The van der Waals surface area contributed by atoms with Gasteiger partial charge in [0.1, 0.15) is 0 Å². The molecule has 0 bridgehead atoms. The van der Waals surface area contributed by atoms with Crippen LogP contribution in [0, 0.1) is 5.92 Å². The van der Waals surface area contributed by atoms with Gasteiger partial charge in [-0.05, 0) is 38.8 Å². The average Bonchev–Trinajstić information content (AvgIpc) is 2.34. The summed E-state index contributed by atoms with van der Waals surface area (Å²) in [6.45, 7) is 7.14. The van der Waals surface area contributed by atoms with Crippen LogP contribution < -0.4 is 10.6 Å². The van der Waals surface area contributed by atoms with E-state index >= 15 is 0 Å². The Morgan fingerprint density at radius 3 is 2.53 bits per heavy atom. The molecule has 0 spiro atoms. The highest BCUT2D eigenvalue weighted by atomic mass is 16.2. The molecule has 1 heterocycles. The van der Waals surface area contributed by atoms with Gasteiger partial charge in [0.25, 0.3) is 0 Å². The van der Waals surface area contributed by atoms with E-state index in [4.69, 9.17) is 0 Å². The predicted molar refractivity (Wildman–Crippen MR) is 66.5 cm³/mol. The van der Waals surface area contributed by atoms with Gasteiger partial charge in [-0.25, -0.2) is 0 Å². The lowest BCUT2D eigenvalue weighted by atomic mass is 9.97. The van der Waals surface area contributed by atoms with Gasteiger partial charge in [0.05, 0.1) is 6.54 Å². The van der Waals surface area contributed by atoms with Crippen molar-refractivity contribution in [3.8, 4) is 0 Å². The van der Waals surface area contributed by atoms with E-state index in [1.165, 1.54) is 6.92 Å². The highest BCUT2D eigenvalue weighted by Gasteiger charge is 2.19. The van der Waals surface area contributed by atoms with Crippen LogP contribution in [0.2, 0.25) is 0 Å². The normalized spacial score (nSPS) is 16.6. The zero-order valence-electron chi connectivity index (χ0n) is 10.8. The van der Waals surface area contributed by atoms with Gasteiger partial charge in [-0.2, -0.15) is 0 Å². The lowest BCUT2D eigenvalue weighted by Crippen LogP contribution is -2.43. The van der Waals surface area contributed by atoms with E-state index in [0.717, 1.165) is 32.5 Å². The van der Waals surface area contributed by atoms with Crippen LogP contribution in [0.25, 0.3) is 0 Å². The van der Waals surface area contributed by atoms with Crippen molar-refractivity contribution in [3.63, 3.8) is 0 Å². The minimum absolute atomic E-state index is 0.0150. The molecule has 5 nitrogen and oxygen atoms in total. The van der Waals surface area contributed by atoms with Crippen LogP contribution in [0.1, 0.15) is 26.7 Å². The zero-order valence-corrected chi connectivity index (χ0v) is 10.8. The largest absolute Gasteiger partial charge is 0.347 e. The molecule has 0 atom stereocenters. The van der Waals surface area contributed by atoms with E-state index in [1.54, 1.807) is 0 Å². The molecule has 5 heteroatoms. The molecule has 1 aliphatic heterocycles. The fourth-order valence-corrected chi connectivity index (χ4v) is 2.10. The van der Waals surface area contributed by atoms with Gasteiger partial charge < -0.3 is 15.5 Å². The third-order valence-electron chi connectivity index (χ3n) is 3.16. The van der Waals surface area contributed by atoms with Crippen LogP contribution in [-0.4, -0.2) is 49.4 Å². The maximum absolute atomic E-state index is 11.8. The Morgan fingerprint density at radius 1 is 1.35 bits per heavy atom. The molecule has 2 N–H and O–H groups in total. The van der Waals surface area contributed by atoms with Crippen molar-refractivity contribution < 1.29 is 9.59 Å². The van der Waals surface area contributed by atoms with E-state index < -0.39 is 0 Å². The summed E-state index contributed by atoms with van der Waals surface area (Å²) in [7, 11) is 0. The lowest BCUT2D eigenvalue weighted by Gasteiger charge is -2.29. The molecular formula is C12H23N3O2. The third kappa shape index (κ3) is 5.17. The molecule has 0 aromatic rings. The molecule has 0 radical (unpaired) electrons. The van der Waals surface area contributed by atoms with E-state index in [2.05, 4.69) is 10.6 Å². The second kappa shape index (κ2) is 7.27. The van der Waals surface area contributed by atoms with Gasteiger partial charge in [0.2, 0.25) is 11.8 Å². The molecule has 1 fully saturated rings. The monoisotopic (exact) mass is 241 g/mol. The maximum Gasteiger partial charge on any atom is 0.241 e. The highest BCUT2D eigenvalue weighted by molar-refractivity contribution is 5.83. The van der Waals surface area contributed by atoms with Crippen LogP contribution in [0.15, 0.2) is 0 Å². The SMILES string of the molecule is CCN(CC1CCNCC1)C(=O)CNC(C)=O. The minimum Gasteiger partial charge on any atom is -0.347 e. The Morgan fingerprint density at radius 2 is 2.00 bits per heavy atom. The summed E-state index contributed by atoms with van der Waals surface area (Å²) in [6, 6.07) is 0. The molecule has 0 unspecified atom stereocenters. The van der Waals surface area contributed by atoms with Crippen LogP contribution in [0.5, 0.6) is 0 Å². The number of hydrogen-bond acceptors (Lipinski definition) is 3. The van der Waals surface area contributed by atoms with Gasteiger partial charge in [-0.3, -0.25) is 9.59 Å². The number of nitrogens with zero attached hydrogens (tertiary/aromatic N) is 1. The first-order valence-electron chi connectivity index (χ1n) is 6.36. The van der Waals surface area contributed by atoms with Crippen LogP contribution >= 0.6 is 0 Å². The Balaban J connectivity index is 2.35. The molecule has 2 amide bonds. The Bertz CT molecular complexity index is 262. The van der Waals surface area contributed by atoms with Crippen molar-refractivity contribution >= 4 is 11.8 Å². The van der Waals surface area contributed by atoms with Crippen molar-refractivity contribution in [1.82, 2.24) is 15.5 Å². The maximum atomic E-state index is 11.8. The first kappa shape index (κ1) is 14.0. The summed E-state index contributed by atoms with van der Waals surface area (Å²) < 4.78 is 0. The van der Waals surface area contributed by atoms with Gasteiger partial charge in [-0.1, -0.05) is 0 Å². The molecule has 0 aromatic carbocycles. The lowest BCUT2D eigenvalue weighted by molar-refractivity contribution is -0.133. The molecule has 1 aliphatic rings. The number of likely N-dealkylation sites (N-methyl/N-ethyl adjacent to an activating group) is 1. The van der Waals surface area contributed by atoms with E-state index in [0.29, 0.717) is 12.5 Å². The van der Waals surface area contributed by atoms with Crippen molar-refractivity contribution in [2.45, 2.75) is 26.7 Å². The molecule has 0 saturated carbocycles. The predicted octanol–water partition coefficient (Wildman–Crippen LogP) is -0.0294. The van der Waals surface area contributed by atoms with Crippen molar-refractivity contribution in [2.24, 2.45) is 5.92 Å². The molecule has 98 valence electrons. The number of nitrogens with one attached hydrogen (secondary N) is 2. The van der Waals surface area contributed by atoms with E-state index in [1.807, 2.05) is 11.8 Å². The summed E-state index contributed by atoms with van der Waals surface area (Å²) >= 11 is 0. The summed E-state index contributed by atoms with van der Waals surface area (Å²) in [4.78, 5) is 24.4. The average molecular weight is 241 g/mol. The van der Waals surface area contributed by atoms with Gasteiger partial charge in [-0.15, -0.1) is 0 Å². The minimum atomic E-state index is -0.156. The first-order valence-corrected chi connectivity index (χ1v) is 6.36. The smallest absolute Gasteiger partial charge is 0.241 e. The summed E-state index contributed by atoms with van der Waals surface area (Å²) in [6.07, 6.45) is 2.26. The van der Waals surface area contributed by atoms with Crippen LogP contribution in [0.3, 0.4) is 0 Å². The van der Waals surface area contributed by atoms with Gasteiger partial charge in [0.15, 0.2) is 0 Å². The van der Waals surface area contributed by atoms with Gasteiger partial charge >= 0.3 is 0 Å². The Hall–Kier alpha value is -1.10. The number of rotatable bonds is 5. The molecule has 1 rings (SSSR count). The number of hydrogen-bond donors (Lipinski definition) is 2. The molecule has 17 heavy (non-hydrogen) atoms. The van der Waals surface area contributed by atoms with E-state index in [-0.39, 0.29) is 18.4 Å². The number of amides is 2. The molecule has 1 saturated heterocycles. The molecular weight excluding hydrogens is 218 g/mol. The molecule has 0 aromatic heterocycles. The van der Waals surface area contributed by atoms with Gasteiger partial charge in [0, 0.05) is 20.0 Å². The number of carbonyl (C=O) groups is 2. The van der Waals surface area contributed by atoms with Crippen molar-refractivity contribution in [3.05, 3.63) is 0 Å². The topological polar surface area (TPSA) is 61.4 Å². The first-order chi connectivity index (χ1) is 8.13. The van der Waals surface area contributed by atoms with Crippen LogP contribution in [-0.2, 0) is 9.59 Å². The third-order valence-corrected chi connectivity index (χ3v) is 3.16.